The number of benzene rings is 1. The quantitative estimate of drug-likeness (QED) is 0.307. The van der Waals surface area contributed by atoms with Gasteiger partial charge in [0.15, 0.2) is 11.5 Å². The number of aromatic nitrogens is 3. The number of ether oxygens (including phenoxy) is 1. The highest BCUT2D eigenvalue weighted by Gasteiger charge is 2.08. The summed E-state index contributed by atoms with van der Waals surface area (Å²) in [4.78, 5) is 0. The van der Waals surface area contributed by atoms with Gasteiger partial charge in [0.05, 0.1) is 16.4 Å². The zero-order valence-corrected chi connectivity index (χ0v) is 12.8. The van der Waals surface area contributed by atoms with E-state index in [1.165, 1.54) is 11.0 Å². The van der Waals surface area contributed by atoms with Gasteiger partial charge < -0.3 is 15.7 Å². The highest BCUT2D eigenvalue weighted by Crippen LogP contribution is 2.32. The number of aromatic hydroxyl groups is 1. The molecule has 1 aromatic carbocycles. The fraction of sp³-hybridized carbons (Fsp3) is 0.182. The Morgan fingerprint density at radius 2 is 2.40 bits per heavy atom. The first kappa shape index (κ1) is 14.4. The molecule has 20 heavy (non-hydrogen) atoms. The second-order valence-electron chi connectivity index (χ2n) is 3.71. The van der Waals surface area contributed by atoms with E-state index in [1.807, 2.05) is 29.5 Å². The highest BCUT2D eigenvalue weighted by atomic mass is 127. The molecule has 0 bridgehead atoms. The summed E-state index contributed by atoms with van der Waals surface area (Å²) in [5.41, 5.74) is 3.42. The van der Waals surface area contributed by atoms with Gasteiger partial charge >= 0.3 is 0 Å². The van der Waals surface area contributed by atoms with Crippen LogP contribution >= 0.6 is 22.6 Å². The smallest absolute Gasteiger partial charge is 0.263 e. The Bertz CT molecular complexity index is 627. The molecule has 0 atom stereocenters. The van der Waals surface area contributed by atoms with Crippen LogP contribution in [0.1, 0.15) is 12.5 Å². The Hall–Kier alpha value is -2.04. The molecule has 4 N–H and O–H groups in total. The fourth-order valence-corrected chi connectivity index (χ4v) is 2.05. The molecular weight excluding hydrogens is 375 g/mol. The van der Waals surface area contributed by atoms with Crippen molar-refractivity contribution < 1.29 is 9.84 Å². The minimum atomic E-state index is 0.124. The van der Waals surface area contributed by atoms with Crippen molar-refractivity contribution in [3.63, 3.8) is 0 Å². The molecule has 0 fully saturated rings. The van der Waals surface area contributed by atoms with Crippen molar-refractivity contribution in [3.05, 3.63) is 27.6 Å². The first-order valence-electron chi connectivity index (χ1n) is 5.71. The number of nitrogens with two attached hydrogens (primary N) is 1. The lowest BCUT2D eigenvalue weighted by Gasteiger charge is -2.08. The fourth-order valence-electron chi connectivity index (χ4n) is 1.42. The maximum absolute atomic E-state index is 9.83. The number of halogens is 1. The average Bonchev–Trinajstić information content (AvgIpc) is 2.81. The van der Waals surface area contributed by atoms with E-state index in [4.69, 9.17) is 10.6 Å². The van der Waals surface area contributed by atoms with Gasteiger partial charge in [0.2, 0.25) is 0 Å². The molecule has 2 aromatic rings. The number of anilines is 1. The van der Waals surface area contributed by atoms with Crippen LogP contribution in [0.2, 0.25) is 0 Å². The van der Waals surface area contributed by atoms with Gasteiger partial charge in [0.25, 0.3) is 5.95 Å². The second-order valence-corrected chi connectivity index (χ2v) is 4.88. The number of nitrogen functional groups attached to an aromatic ring is 1. The van der Waals surface area contributed by atoms with Gasteiger partial charge in [-0.15, -0.1) is 10.2 Å². The van der Waals surface area contributed by atoms with Gasteiger partial charge in [-0.3, -0.25) is 0 Å². The summed E-state index contributed by atoms with van der Waals surface area (Å²) in [7, 11) is 0. The van der Waals surface area contributed by atoms with Crippen LogP contribution in [-0.4, -0.2) is 32.8 Å². The molecule has 106 valence electrons. The van der Waals surface area contributed by atoms with Gasteiger partial charge in [0, 0.05) is 0 Å². The number of hydrogen-bond acceptors (Lipinski definition) is 7. The molecule has 0 radical (unpaired) electrons. The van der Waals surface area contributed by atoms with Gasteiger partial charge in [-0.1, -0.05) is 0 Å². The van der Waals surface area contributed by atoms with E-state index < -0.39 is 0 Å². The molecule has 0 aliphatic heterocycles. The van der Waals surface area contributed by atoms with Crippen LogP contribution in [0, 0.1) is 3.57 Å². The standard InChI is InChI=1S/C11H13IN6O2/c1-2-20-9-4-7(3-8(12)10(9)19)5-14-16-11-17-15-6-18(11)13/h3-6,19H,2,13H2,1H3,(H,16,17)/b14-5-. The molecule has 0 unspecified atom stereocenters. The summed E-state index contributed by atoms with van der Waals surface area (Å²) in [6.07, 6.45) is 2.92. The van der Waals surface area contributed by atoms with Gasteiger partial charge in [0.1, 0.15) is 6.33 Å². The van der Waals surface area contributed by atoms with Crippen molar-refractivity contribution in [1.29, 1.82) is 0 Å². The Balaban J connectivity index is 2.15. The molecule has 0 aliphatic carbocycles. The number of phenols is 1. The van der Waals surface area contributed by atoms with Crippen molar-refractivity contribution >= 4 is 34.8 Å². The van der Waals surface area contributed by atoms with Gasteiger partial charge in [-0.25, -0.2) is 10.1 Å². The summed E-state index contributed by atoms with van der Waals surface area (Å²) < 4.78 is 7.24. The largest absolute Gasteiger partial charge is 0.504 e. The van der Waals surface area contributed by atoms with E-state index in [0.29, 0.717) is 21.9 Å². The van der Waals surface area contributed by atoms with Gasteiger partial charge in [-0.2, -0.15) is 5.10 Å². The van der Waals surface area contributed by atoms with Crippen LogP contribution in [0.3, 0.4) is 0 Å². The zero-order chi connectivity index (χ0) is 14.5. The van der Waals surface area contributed by atoms with E-state index in [0.717, 1.165) is 5.56 Å². The van der Waals surface area contributed by atoms with Crippen LogP contribution in [0.25, 0.3) is 0 Å². The Kier molecular flexibility index (Phi) is 4.61. The summed E-state index contributed by atoms with van der Waals surface area (Å²) >= 11 is 2.02. The van der Waals surface area contributed by atoms with Gasteiger partial charge in [-0.05, 0) is 47.2 Å². The lowest BCUT2D eigenvalue weighted by molar-refractivity contribution is 0.317. The van der Waals surface area contributed by atoms with E-state index in [9.17, 15) is 5.11 Å². The number of hydrazone groups is 1. The number of phenolic OH excluding ortho intramolecular Hbond substituents is 1. The minimum absolute atomic E-state index is 0.124. The molecule has 9 heteroatoms. The third kappa shape index (κ3) is 3.29. The third-order valence-corrected chi connectivity index (χ3v) is 3.12. The van der Waals surface area contributed by atoms with Crippen LogP contribution in [-0.2, 0) is 0 Å². The molecule has 0 aliphatic rings. The predicted octanol–water partition coefficient (Wildman–Crippen LogP) is 1.15. The second kappa shape index (κ2) is 6.41. The number of nitrogens with zero attached hydrogens (tertiary/aromatic N) is 4. The number of nitrogens with one attached hydrogen (secondary N) is 1. The maximum Gasteiger partial charge on any atom is 0.263 e. The van der Waals surface area contributed by atoms with E-state index in [1.54, 1.807) is 18.3 Å². The summed E-state index contributed by atoms with van der Waals surface area (Å²) in [6, 6.07) is 3.47. The first-order valence-corrected chi connectivity index (χ1v) is 6.79. The van der Waals surface area contributed by atoms with Crippen LogP contribution in [0.4, 0.5) is 5.95 Å². The first-order chi connectivity index (χ1) is 9.61. The van der Waals surface area contributed by atoms with E-state index in [-0.39, 0.29) is 5.75 Å². The van der Waals surface area contributed by atoms with E-state index >= 15 is 0 Å². The molecule has 0 saturated heterocycles. The third-order valence-electron chi connectivity index (χ3n) is 2.30. The SMILES string of the molecule is CCOc1cc(/C=N\Nc2nncn2N)cc(I)c1O. The molecule has 1 heterocycles. The monoisotopic (exact) mass is 388 g/mol. The van der Waals surface area contributed by atoms with Crippen molar-refractivity contribution in [2.24, 2.45) is 5.10 Å². The molecule has 0 saturated carbocycles. The predicted molar refractivity (Wildman–Crippen MR) is 83.4 cm³/mol. The average molecular weight is 388 g/mol. The Morgan fingerprint density at radius 1 is 1.60 bits per heavy atom. The zero-order valence-electron chi connectivity index (χ0n) is 10.6. The molecular formula is C11H13IN6O2. The van der Waals surface area contributed by atoms with E-state index in [2.05, 4.69) is 20.7 Å². The Morgan fingerprint density at radius 3 is 3.05 bits per heavy atom. The summed E-state index contributed by atoms with van der Waals surface area (Å²) in [5, 5.41) is 21.2. The maximum atomic E-state index is 9.83. The topological polar surface area (TPSA) is 111 Å². The van der Waals surface area contributed by atoms with Crippen molar-refractivity contribution in [3.8, 4) is 11.5 Å². The molecule has 2 rings (SSSR count). The molecule has 1 aromatic heterocycles. The van der Waals surface area contributed by atoms with Crippen molar-refractivity contribution in [2.45, 2.75) is 6.92 Å². The number of hydrogen-bond donors (Lipinski definition) is 3. The highest BCUT2D eigenvalue weighted by molar-refractivity contribution is 14.1. The van der Waals surface area contributed by atoms with Crippen LogP contribution in [0.15, 0.2) is 23.6 Å². The lowest BCUT2D eigenvalue weighted by Crippen LogP contribution is -2.10. The van der Waals surface area contributed by atoms with Crippen molar-refractivity contribution in [2.75, 3.05) is 17.9 Å². The lowest BCUT2D eigenvalue weighted by atomic mass is 10.2. The van der Waals surface area contributed by atoms with Crippen LogP contribution in [0.5, 0.6) is 11.5 Å². The molecule has 8 nitrogen and oxygen atoms in total. The molecule has 0 amide bonds. The minimum Gasteiger partial charge on any atom is -0.504 e. The molecule has 0 spiro atoms. The van der Waals surface area contributed by atoms with Crippen LogP contribution < -0.4 is 16.0 Å². The van der Waals surface area contributed by atoms with Crippen molar-refractivity contribution in [1.82, 2.24) is 14.9 Å². The normalized spacial score (nSPS) is 10.9. The Labute approximate surface area is 128 Å². The summed E-state index contributed by atoms with van der Waals surface area (Å²) in [6.45, 7) is 2.32. The summed E-state index contributed by atoms with van der Waals surface area (Å²) in [5.74, 6) is 6.39. The number of rotatable bonds is 5.